The topological polar surface area (TPSA) is 105 Å². The van der Waals surface area contributed by atoms with Gasteiger partial charge in [-0.3, -0.25) is 0 Å². The van der Waals surface area contributed by atoms with E-state index in [1.165, 1.54) is 7.11 Å². The molecule has 1 heterocycles. The van der Waals surface area contributed by atoms with Crippen LogP contribution in [0.15, 0.2) is 30.3 Å². The van der Waals surface area contributed by atoms with E-state index in [-0.39, 0.29) is 6.61 Å². The van der Waals surface area contributed by atoms with E-state index in [2.05, 4.69) is 0 Å². The molecule has 0 saturated carbocycles. The maximum atomic E-state index is 11.0. The lowest BCUT2D eigenvalue weighted by Crippen LogP contribution is -2.61. The molecule has 3 N–H and O–H groups in total. The molecule has 0 bridgehead atoms. The van der Waals surface area contributed by atoms with E-state index in [9.17, 15) is 15.0 Å². The minimum absolute atomic E-state index is 0.154. The maximum absolute atomic E-state index is 11.0. The highest BCUT2D eigenvalue weighted by molar-refractivity contribution is 5.73. The highest BCUT2D eigenvalue weighted by atomic mass is 16.7. The lowest BCUT2D eigenvalue weighted by atomic mass is 9.98. The summed E-state index contributed by atoms with van der Waals surface area (Å²) in [6.07, 6.45) is -6.48. The quantitative estimate of drug-likeness (QED) is 0.688. The number of aliphatic carboxylic acids is 1. The van der Waals surface area contributed by atoms with Crippen molar-refractivity contribution in [3.8, 4) is 0 Å². The number of aliphatic hydroxyl groups is 2. The standard InChI is InChI=1S/C14H18O7/c1-19-12-10(20-7-8-5-3-2-4-6-8)9(15)11(13(16)17)21-14(12)18/h2-6,9-12,14-15,18H,7H2,1H3,(H,16,17)/t9-,10-,11+,12+,14?/m0/s1. The molecule has 0 aliphatic carbocycles. The average Bonchev–Trinajstić information content (AvgIpc) is 2.48. The number of benzene rings is 1. The molecule has 1 saturated heterocycles. The lowest BCUT2D eigenvalue weighted by Gasteiger charge is -2.40. The van der Waals surface area contributed by atoms with Gasteiger partial charge in [0, 0.05) is 7.11 Å². The molecule has 1 aliphatic heterocycles. The minimum atomic E-state index is -1.56. The van der Waals surface area contributed by atoms with Gasteiger partial charge in [0.25, 0.3) is 0 Å². The number of rotatable bonds is 5. The van der Waals surface area contributed by atoms with Gasteiger partial charge in [-0.2, -0.15) is 0 Å². The monoisotopic (exact) mass is 298 g/mol. The summed E-state index contributed by atoms with van der Waals surface area (Å²) < 4.78 is 15.5. The van der Waals surface area contributed by atoms with E-state index in [0.29, 0.717) is 0 Å². The van der Waals surface area contributed by atoms with Gasteiger partial charge in [-0.1, -0.05) is 30.3 Å². The molecule has 1 aliphatic rings. The molecule has 7 nitrogen and oxygen atoms in total. The fraction of sp³-hybridized carbons (Fsp3) is 0.500. The van der Waals surface area contributed by atoms with Crippen molar-refractivity contribution >= 4 is 5.97 Å². The summed E-state index contributed by atoms with van der Waals surface area (Å²) in [5.41, 5.74) is 0.854. The molecule has 2 rings (SSSR count). The van der Waals surface area contributed by atoms with Crippen molar-refractivity contribution in [3.63, 3.8) is 0 Å². The van der Waals surface area contributed by atoms with E-state index in [4.69, 9.17) is 19.3 Å². The molecule has 0 spiro atoms. The Bertz CT molecular complexity index is 464. The number of aliphatic hydroxyl groups excluding tert-OH is 2. The summed E-state index contributed by atoms with van der Waals surface area (Å²) in [5.74, 6) is -1.37. The van der Waals surface area contributed by atoms with Crippen LogP contribution in [0.4, 0.5) is 0 Å². The van der Waals surface area contributed by atoms with Crippen molar-refractivity contribution in [1.82, 2.24) is 0 Å². The zero-order valence-corrected chi connectivity index (χ0v) is 11.5. The highest BCUT2D eigenvalue weighted by Crippen LogP contribution is 2.25. The Morgan fingerprint density at radius 3 is 2.48 bits per heavy atom. The Balaban J connectivity index is 2.10. The van der Waals surface area contributed by atoms with Gasteiger partial charge in [0.1, 0.15) is 18.3 Å². The van der Waals surface area contributed by atoms with Crippen LogP contribution >= 0.6 is 0 Å². The fourth-order valence-electron chi connectivity index (χ4n) is 2.25. The van der Waals surface area contributed by atoms with Crippen molar-refractivity contribution in [2.24, 2.45) is 0 Å². The summed E-state index contributed by atoms with van der Waals surface area (Å²) in [6.45, 7) is 0.154. The van der Waals surface area contributed by atoms with Crippen LogP contribution in [0, 0.1) is 0 Å². The van der Waals surface area contributed by atoms with Crippen LogP contribution in [0.2, 0.25) is 0 Å². The first-order valence-electron chi connectivity index (χ1n) is 6.47. The number of ether oxygens (including phenoxy) is 3. The SMILES string of the molecule is CO[C@H]1C(O)O[C@@H](C(=O)O)[C@@H](O)[C@@H]1OCc1ccccc1. The number of hydrogen-bond acceptors (Lipinski definition) is 6. The van der Waals surface area contributed by atoms with Gasteiger partial charge in [-0.15, -0.1) is 0 Å². The van der Waals surface area contributed by atoms with E-state index in [0.717, 1.165) is 5.56 Å². The van der Waals surface area contributed by atoms with Gasteiger partial charge < -0.3 is 29.5 Å². The van der Waals surface area contributed by atoms with Crippen LogP contribution in [-0.4, -0.2) is 59.1 Å². The number of carboxylic acid groups (broad SMARTS) is 1. The second kappa shape index (κ2) is 6.97. The molecule has 1 aromatic carbocycles. The number of hydrogen-bond donors (Lipinski definition) is 3. The molecule has 1 aromatic rings. The molecular weight excluding hydrogens is 280 g/mol. The van der Waals surface area contributed by atoms with Crippen molar-refractivity contribution < 1.29 is 34.3 Å². The van der Waals surface area contributed by atoms with Crippen molar-refractivity contribution in [1.29, 1.82) is 0 Å². The average molecular weight is 298 g/mol. The van der Waals surface area contributed by atoms with E-state index < -0.39 is 36.7 Å². The molecule has 1 unspecified atom stereocenters. The Labute approximate surface area is 121 Å². The molecule has 0 aromatic heterocycles. The highest BCUT2D eigenvalue weighted by Gasteiger charge is 2.48. The number of carboxylic acids is 1. The van der Waals surface area contributed by atoms with Gasteiger partial charge in [-0.05, 0) is 5.56 Å². The van der Waals surface area contributed by atoms with Crippen LogP contribution in [0.25, 0.3) is 0 Å². The summed E-state index contributed by atoms with van der Waals surface area (Å²) in [4.78, 5) is 11.0. The van der Waals surface area contributed by atoms with Crippen molar-refractivity contribution in [3.05, 3.63) is 35.9 Å². The first-order chi connectivity index (χ1) is 10.0. The van der Waals surface area contributed by atoms with Gasteiger partial charge >= 0.3 is 5.97 Å². The second-order valence-electron chi connectivity index (χ2n) is 4.74. The van der Waals surface area contributed by atoms with Crippen molar-refractivity contribution in [2.75, 3.05) is 7.11 Å². The predicted molar refractivity (Wildman–Crippen MR) is 70.3 cm³/mol. The third-order valence-corrected chi connectivity index (χ3v) is 3.34. The first-order valence-corrected chi connectivity index (χ1v) is 6.47. The molecule has 116 valence electrons. The van der Waals surface area contributed by atoms with Crippen LogP contribution in [0.5, 0.6) is 0 Å². The predicted octanol–water partition coefficient (Wildman–Crippen LogP) is -0.250. The van der Waals surface area contributed by atoms with E-state index >= 15 is 0 Å². The van der Waals surface area contributed by atoms with Crippen molar-refractivity contribution in [2.45, 2.75) is 37.3 Å². The first kappa shape index (κ1) is 15.9. The largest absolute Gasteiger partial charge is 0.479 e. The van der Waals surface area contributed by atoms with Gasteiger partial charge in [0.05, 0.1) is 6.61 Å². The molecule has 21 heavy (non-hydrogen) atoms. The van der Waals surface area contributed by atoms with Gasteiger partial charge in [0.2, 0.25) is 0 Å². The molecule has 1 fully saturated rings. The molecule has 0 radical (unpaired) electrons. The lowest BCUT2D eigenvalue weighted by molar-refractivity contribution is -0.294. The summed E-state index contributed by atoms with van der Waals surface area (Å²) in [5, 5.41) is 28.8. The third kappa shape index (κ3) is 3.58. The molecule has 0 amide bonds. The van der Waals surface area contributed by atoms with Gasteiger partial charge in [-0.25, -0.2) is 4.79 Å². The van der Waals surface area contributed by atoms with Crippen LogP contribution in [0.1, 0.15) is 5.56 Å². The van der Waals surface area contributed by atoms with E-state index in [1.807, 2.05) is 30.3 Å². The Morgan fingerprint density at radius 2 is 1.90 bits per heavy atom. The Morgan fingerprint density at radius 1 is 1.24 bits per heavy atom. The number of carbonyl (C=O) groups is 1. The van der Waals surface area contributed by atoms with E-state index in [1.54, 1.807) is 0 Å². The third-order valence-electron chi connectivity index (χ3n) is 3.34. The zero-order valence-electron chi connectivity index (χ0n) is 11.5. The Hall–Kier alpha value is -1.51. The van der Waals surface area contributed by atoms with Crippen LogP contribution in [0.3, 0.4) is 0 Å². The zero-order chi connectivity index (χ0) is 15.4. The normalized spacial score (nSPS) is 32.8. The van der Waals surface area contributed by atoms with Crippen LogP contribution in [-0.2, 0) is 25.6 Å². The Kier molecular flexibility index (Phi) is 5.27. The fourth-order valence-corrected chi connectivity index (χ4v) is 2.25. The van der Waals surface area contributed by atoms with Crippen LogP contribution < -0.4 is 0 Å². The second-order valence-corrected chi connectivity index (χ2v) is 4.74. The minimum Gasteiger partial charge on any atom is -0.479 e. The maximum Gasteiger partial charge on any atom is 0.335 e. The summed E-state index contributed by atoms with van der Waals surface area (Å²) in [6, 6.07) is 9.19. The van der Waals surface area contributed by atoms with Gasteiger partial charge in [0.15, 0.2) is 12.4 Å². The summed E-state index contributed by atoms with van der Waals surface area (Å²) in [7, 11) is 1.32. The summed E-state index contributed by atoms with van der Waals surface area (Å²) >= 11 is 0. The molecule has 7 heteroatoms. The smallest absolute Gasteiger partial charge is 0.335 e. The number of methoxy groups -OCH3 is 1. The molecule has 5 atom stereocenters. The molecular formula is C14H18O7.